The fraction of sp³-hybridized carbons (Fsp3) is 0.591. The molecule has 0 saturated heterocycles. The number of carbonyl (C=O) groups excluding carboxylic acids is 1. The molecule has 4 nitrogen and oxygen atoms in total. The Morgan fingerprint density at radius 2 is 1.42 bits per heavy atom. The zero-order chi connectivity index (χ0) is 19.3. The molecular formula is C22H35NO3. The number of nitro groups is 1. The van der Waals surface area contributed by atoms with E-state index in [1.807, 2.05) is 12.2 Å². The first-order valence-electron chi connectivity index (χ1n) is 9.94. The van der Waals surface area contributed by atoms with Crippen LogP contribution in [0.25, 0.3) is 0 Å². The number of unbranched alkanes of at least 4 members (excludes halogenated alkanes) is 6. The van der Waals surface area contributed by atoms with Crippen molar-refractivity contribution in [2.75, 3.05) is 0 Å². The fourth-order valence-electron chi connectivity index (χ4n) is 2.45. The van der Waals surface area contributed by atoms with Gasteiger partial charge in [-0.3, -0.25) is 10.1 Å². The molecular weight excluding hydrogens is 326 g/mol. The summed E-state index contributed by atoms with van der Waals surface area (Å²) in [4.78, 5) is 20.9. The van der Waals surface area contributed by atoms with E-state index in [-0.39, 0.29) is 10.6 Å². The Labute approximate surface area is 158 Å². The van der Waals surface area contributed by atoms with E-state index >= 15 is 0 Å². The van der Waals surface area contributed by atoms with Crippen molar-refractivity contribution in [1.82, 2.24) is 0 Å². The molecule has 0 aromatic rings. The first-order chi connectivity index (χ1) is 12.7. The average Bonchev–Trinajstić information content (AvgIpc) is 2.63. The highest BCUT2D eigenvalue weighted by Gasteiger charge is 2.08. The van der Waals surface area contributed by atoms with E-state index in [0.717, 1.165) is 38.4 Å². The Hall–Kier alpha value is -1.97. The summed E-state index contributed by atoms with van der Waals surface area (Å²) in [5.41, 5.74) is 0.282. The Bertz CT molecular complexity index is 476. The van der Waals surface area contributed by atoms with E-state index in [1.54, 1.807) is 6.08 Å². The van der Waals surface area contributed by atoms with Gasteiger partial charge in [-0.05, 0) is 51.0 Å². The van der Waals surface area contributed by atoms with Gasteiger partial charge in [0.15, 0.2) is 0 Å². The predicted molar refractivity (Wildman–Crippen MR) is 110 cm³/mol. The predicted octanol–water partition coefficient (Wildman–Crippen LogP) is 6.72. The Morgan fingerprint density at radius 1 is 0.808 bits per heavy atom. The zero-order valence-electron chi connectivity index (χ0n) is 16.3. The van der Waals surface area contributed by atoms with E-state index in [9.17, 15) is 14.9 Å². The minimum absolute atomic E-state index is 0.282. The lowest BCUT2D eigenvalue weighted by Gasteiger charge is -1.98. The largest absolute Gasteiger partial charge is 0.303 e. The molecule has 0 unspecified atom stereocenters. The van der Waals surface area contributed by atoms with Crippen LogP contribution in [0.15, 0.2) is 48.2 Å². The van der Waals surface area contributed by atoms with Gasteiger partial charge in [0, 0.05) is 12.8 Å². The van der Waals surface area contributed by atoms with Crippen LogP contribution in [0.4, 0.5) is 0 Å². The highest BCUT2D eigenvalue weighted by atomic mass is 16.6. The third kappa shape index (κ3) is 16.9. The van der Waals surface area contributed by atoms with Crippen molar-refractivity contribution in [3.63, 3.8) is 0 Å². The molecule has 26 heavy (non-hydrogen) atoms. The maximum atomic E-state index is 11.0. The van der Waals surface area contributed by atoms with Crippen molar-refractivity contribution in [3.05, 3.63) is 58.3 Å². The van der Waals surface area contributed by atoms with Gasteiger partial charge < -0.3 is 4.79 Å². The second-order valence-electron chi connectivity index (χ2n) is 6.34. The van der Waals surface area contributed by atoms with Gasteiger partial charge in [0.2, 0.25) is 5.70 Å². The van der Waals surface area contributed by atoms with Crippen LogP contribution in [-0.4, -0.2) is 11.2 Å². The molecule has 0 atom stereocenters. The topological polar surface area (TPSA) is 60.2 Å². The van der Waals surface area contributed by atoms with Crippen LogP contribution >= 0.6 is 0 Å². The molecule has 0 aliphatic carbocycles. The Kier molecular flexibility index (Phi) is 17.9. The van der Waals surface area contributed by atoms with Gasteiger partial charge in [-0.15, -0.1) is 0 Å². The Balaban J connectivity index is 3.87. The van der Waals surface area contributed by atoms with Crippen molar-refractivity contribution in [1.29, 1.82) is 0 Å². The number of hydrogen-bond acceptors (Lipinski definition) is 3. The molecule has 0 radical (unpaired) electrons. The summed E-state index contributed by atoms with van der Waals surface area (Å²) in [5, 5.41) is 11.0. The highest BCUT2D eigenvalue weighted by Crippen LogP contribution is 2.11. The maximum Gasteiger partial charge on any atom is 0.242 e. The maximum absolute atomic E-state index is 11.0. The number of carbonyl (C=O) groups is 1. The van der Waals surface area contributed by atoms with Gasteiger partial charge in [-0.2, -0.15) is 0 Å². The van der Waals surface area contributed by atoms with Crippen LogP contribution in [0.5, 0.6) is 0 Å². The number of hydrogen-bond donors (Lipinski definition) is 0. The first-order valence-corrected chi connectivity index (χ1v) is 9.94. The smallest absolute Gasteiger partial charge is 0.242 e. The lowest BCUT2D eigenvalue weighted by molar-refractivity contribution is -0.428. The van der Waals surface area contributed by atoms with Crippen LogP contribution in [0.1, 0.15) is 84.0 Å². The summed E-state index contributed by atoms with van der Waals surface area (Å²) in [7, 11) is 0. The quantitative estimate of drug-likeness (QED) is 0.0950. The SMILES string of the molecule is CCCCC/C=C\C/C=C\C/C=C\C/C=C(\CCCCCC=O)[N+](=O)[O-]. The molecule has 0 aliphatic rings. The molecule has 0 spiro atoms. The second kappa shape index (κ2) is 19.4. The van der Waals surface area contributed by atoms with E-state index < -0.39 is 0 Å². The highest BCUT2D eigenvalue weighted by molar-refractivity contribution is 5.48. The summed E-state index contributed by atoms with van der Waals surface area (Å²) in [5.74, 6) is 0. The molecule has 0 amide bonds. The van der Waals surface area contributed by atoms with Crippen molar-refractivity contribution in [2.45, 2.75) is 84.0 Å². The van der Waals surface area contributed by atoms with Gasteiger partial charge in [0.05, 0.1) is 4.92 Å². The lowest BCUT2D eigenvalue weighted by Crippen LogP contribution is -1.98. The van der Waals surface area contributed by atoms with E-state index in [4.69, 9.17) is 0 Å². The number of aldehydes is 1. The second-order valence-corrected chi connectivity index (χ2v) is 6.34. The van der Waals surface area contributed by atoms with Crippen molar-refractivity contribution < 1.29 is 9.72 Å². The lowest BCUT2D eigenvalue weighted by atomic mass is 10.1. The summed E-state index contributed by atoms with van der Waals surface area (Å²) in [6.07, 6.45) is 26.2. The minimum Gasteiger partial charge on any atom is -0.303 e. The summed E-state index contributed by atoms with van der Waals surface area (Å²) < 4.78 is 0. The van der Waals surface area contributed by atoms with Crippen LogP contribution < -0.4 is 0 Å². The molecule has 0 aromatic carbocycles. The molecule has 0 N–H and O–H groups in total. The molecule has 0 aromatic heterocycles. The third-order valence-electron chi connectivity index (χ3n) is 4.00. The molecule has 0 heterocycles. The number of allylic oxidation sites excluding steroid dienone is 8. The molecule has 0 aliphatic heterocycles. The summed E-state index contributed by atoms with van der Waals surface area (Å²) >= 11 is 0. The number of nitrogens with zero attached hydrogens (tertiary/aromatic N) is 1. The van der Waals surface area contributed by atoms with Gasteiger partial charge in [-0.1, -0.05) is 62.6 Å². The first kappa shape index (κ1) is 24.0. The normalized spacial score (nSPS) is 12.6. The number of rotatable bonds is 17. The molecule has 4 heteroatoms. The van der Waals surface area contributed by atoms with Gasteiger partial charge in [0.25, 0.3) is 0 Å². The monoisotopic (exact) mass is 361 g/mol. The van der Waals surface area contributed by atoms with Crippen molar-refractivity contribution in [2.24, 2.45) is 0 Å². The van der Waals surface area contributed by atoms with Gasteiger partial charge in [-0.25, -0.2) is 0 Å². The van der Waals surface area contributed by atoms with E-state index in [1.165, 1.54) is 25.7 Å². The van der Waals surface area contributed by atoms with Crippen LogP contribution in [0.3, 0.4) is 0 Å². The average molecular weight is 362 g/mol. The van der Waals surface area contributed by atoms with Crippen molar-refractivity contribution >= 4 is 6.29 Å². The van der Waals surface area contributed by atoms with Crippen LogP contribution in [0, 0.1) is 10.1 Å². The summed E-state index contributed by atoms with van der Waals surface area (Å²) in [6, 6.07) is 0. The molecule has 0 fully saturated rings. The van der Waals surface area contributed by atoms with Crippen molar-refractivity contribution in [3.8, 4) is 0 Å². The Morgan fingerprint density at radius 3 is 2.04 bits per heavy atom. The molecule has 0 rings (SSSR count). The molecule has 146 valence electrons. The van der Waals surface area contributed by atoms with E-state index in [2.05, 4.69) is 31.2 Å². The van der Waals surface area contributed by atoms with Gasteiger partial charge in [0.1, 0.15) is 6.29 Å². The summed E-state index contributed by atoms with van der Waals surface area (Å²) in [6.45, 7) is 2.21. The fourth-order valence-corrected chi connectivity index (χ4v) is 2.45. The minimum atomic E-state index is -0.291. The molecule has 0 saturated carbocycles. The third-order valence-corrected chi connectivity index (χ3v) is 4.00. The van der Waals surface area contributed by atoms with Gasteiger partial charge >= 0.3 is 0 Å². The van der Waals surface area contributed by atoms with Crippen LogP contribution in [-0.2, 0) is 4.79 Å². The zero-order valence-corrected chi connectivity index (χ0v) is 16.3. The van der Waals surface area contributed by atoms with Crippen LogP contribution in [0.2, 0.25) is 0 Å². The molecule has 0 bridgehead atoms. The standard InChI is InChI=1S/C22H35NO3/c1-2-3-4-5-6-7-8-9-10-11-12-13-16-19-22(23(25)26)20-17-14-15-18-21-24/h6-7,9-10,12-13,19,21H,2-5,8,11,14-18,20H2,1H3/b7-6-,10-9-,13-12-,22-19+. The van der Waals surface area contributed by atoms with E-state index in [0.29, 0.717) is 19.3 Å².